The molecule has 148 valence electrons. The molecule has 4 rings (SSSR count). The van der Waals surface area contributed by atoms with Crippen LogP contribution in [0.1, 0.15) is 36.6 Å². The molecule has 1 N–H and O–H groups in total. The number of aromatic nitrogens is 2. The molecule has 1 aliphatic rings. The Morgan fingerprint density at radius 2 is 1.79 bits per heavy atom. The van der Waals surface area contributed by atoms with Gasteiger partial charge in [-0.15, -0.1) is 0 Å². The van der Waals surface area contributed by atoms with Crippen molar-refractivity contribution in [3.8, 4) is 0 Å². The SMILES string of the molecule is C[NH+]1CCCC(n2nc(Cc3ccc(F)cc3)c3ccccc3c2=O)CC1.[Cl-]. The van der Waals surface area contributed by atoms with E-state index in [0.717, 1.165) is 54.4 Å². The number of rotatable bonds is 3. The van der Waals surface area contributed by atoms with Crippen molar-refractivity contribution in [3.05, 3.63) is 76.0 Å². The van der Waals surface area contributed by atoms with E-state index in [1.165, 1.54) is 17.0 Å². The summed E-state index contributed by atoms with van der Waals surface area (Å²) >= 11 is 0. The first kappa shape index (κ1) is 20.5. The van der Waals surface area contributed by atoms with Crippen LogP contribution in [-0.4, -0.2) is 29.9 Å². The highest BCUT2D eigenvalue weighted by Crippen LogP contribution is 2.21. The Bertz CT molecular complexity index is 1000. The smallest absolute Gasteiger partial charge is 0.274 e. The fraction of sp³-hybridized carbons (Fsp3) is 0.364. The fourth-order valence-corrected chi connectivity index (χ4v) is 4.01. The second kappa shape index (κ2) is 8.84. The Hall–Kier alpha value is -2.24. The molecule has 3 aromatic rings. The summed E-state index contributed by atoms with van der Waals surface area (Å²) in [4.78, 5) is 14.6. The van der Waals surface area contributed by atoms with Crippen LogP contribution < -0.4 is 22.9 Å². The first-order valence-corrected chi connectivity index (χ1v) is 9.68. The minimum atomic E-state index is -0.244. The van der Waals surface area contributed by atoms with Crippen LogP contribution >= 0.6 is 0 Å². The van der Waals surface area contributed by atoms with Crippen LogP contribution in [0.15, 0.2) is 53.3 Å². The van der Waals surface area contributed by atoms with Gasteiger partial charge in [0.1, 0.15) is 5.82 Å². The first-order valence-electron chi connectivity index (χ1n) is 9.68. The molecule has 1 aromatic heterocycles. The van der Waals surface area contributed by atoms with Gasteiger partial charge in [0.2, 0.25) is 0 Å². The van der Waals surface area contributed by atoms with E-state index in [0.29, 0.717) is 6.42 Å². The van der Waals surface area contributed by atoms with Crippen molar-refractivity contribution in [2.75, 3.05) is 20.1 Å². The largest absolute Gasteiger partial charge is 1.00 e. The highest BCUT2D eigenvalue weighted by molar-refractivity contribution is 5.83. The number of likely N-dealkylation sites (tertiary alicyclic amines) is 1. The third-order valence-electron chi connectivity index (χ3n) is 5.58. The van der Waals surface area contributed by atoms with Crippen LogP contribution in [0.3, 0.4) is 0 Å². The molecule has 2 unspecified atom stereocenters. The predicted octanol–water partition coefficient (Wildman–Crippen LogP) is -0.630. The highest BCUT2D eigenvalue weighted by atomic mass is 35.5. The maximum absolute atomic E-state index is 13.2. The van der Waals surface area contributed by atoms with Gasteiger partial charge in [-0.25, -0.2) is 9.07 Å². The Balaban J connectivity index is 0.00000225. The quantitative estimate of drug-likeness (QED) is 0.635. The molecule has 0 bridgehead atoms. The van der Waals surface area contributed by atoms with Gasteiger partial charge in [0, 0.05) is 18.2 Å². The number of halogens is 2. The summed E-state index contributed by atoms with van der Waals surface area (Å²) in [5.41, 5.74) is 1.86. The van der Waals surface area contributed by atoms with Crippen LogP contribution in [0, 0.1) is 5.82 Å². The van der Waals surface area contributed by atoms with Gasteiger partial charge in [0.25, 0.3) is 5.56 Å². The second-order valence-corrected chi connectivity index (χ2v) is 7.59. The van der Waals surface area contributed by atoms with E-state index in [2.05, 4.69) is 7.05 Å². The topological polar surface area (TPSA) is 39.3 Å². The predicted molar refractivity (Wildman–Crippen MR) is 105 cm³/mol. The molecule has 2 aromatic carbocycles. The molecular weight excluding hydrogens is 377 g/mol. The average Bonchev–Trinajstić information content (AvgIpc) is 2.90. The third kappa shape index (κ3) is 4.26. The molecule has 6 heteroatoms. The van der Waals surface area contributed by atoms with Gasteiger partial charge in [0.05, 0.1) is 37.3 Å². The van der Waals surface area contributed by atoms with Crippen molar-refractivity contribution in [2.24, 2.45) is 0 Å². The first-order chi connectivity index (χ1) is 13.1. The lowest BCUT2D eigenvalue weighted by atomic mass is 10.0. The molecule has 2 heterocycles. The second-order valence-electron chi connectivity index (χ2n) is 7.59. The maximum atomic E-state index is 13.2. The summed E-state index contributed by atoms with van der Waals surface area (Å²) in [7, 11) is 2.21. The maximum Gasteiger partial charge on any atom is 0.274 e. The molecule has 0 aliphatic carbocycles. The normalized spacial score (nSPS) is 19.8. The van der Waals surface area contributed by atoms with Gasteiger partial charge in [-0.2, -0.15) is 5.10 Å². The van der Waals surface area contributed by atoms with Gasteiger partial charge in [-0.05, 0) is 36.6 Å². The Kier molecular flexibility index (Phi) is 6.47. The van der Waals surface area contributed by atoms with E-state index in [-0.39, 0.29) is 29.8 Å². The van der Waals surface area contributed by atoms with Crippen molar-refractivity contribution < 1.29 is 21.7 Å². The number of benzene rings is 2. The van der Waals surface area contributed by atoms with E-state index in [4.69, 9.17) is 5.10 Å². The minimum Gasteiger partial charge on any atom is -1.00 e. The zero-order chi connectivity index (χ0) is 18.8. The summed E-state index contributed by atoms with van der Waals surface area (Å²) in [6.45, 7) is 2.19. The molecule has 0 spiro atoms. The third-order valence-corrected chi connectivity index (χ3v) is 5.58. The zero-order valence-electron chi connectivity index (χ0n) is 16.0. The number of quaternary nitrogens is 1. The number of hydrogen-bond donors (Lipinski definition) is 1. The molecule has 0 radical (unpaired) electrons. The van der Waals surface area contributed by atoms with Crippen LogP contribution in [0.2, 0.25) is 0 Å². The fourth-order valence-electron chi connectivity index (χ4n) is 4.01. The van der Waals surface area contributed by atoms with Crippen molar-refractivity contribution >= 4 is 10.8 Å². The monoisotopic (exact) mass is 401 g/mol. The van der Waals surface area contributed by atoms with Crippen molar-refractivity contribution in [2.45, 2.75) is 31.7 Å². The van der Waals surface area contributed by atoms with E-state index < -0.39 is 0 Å². The molecule has 28 heavy (non-hydrogen) atoms. The molecule has 1 fully saturated rings. The van der Waals surface area contributed by atoms with E-state index in [1.54, 1.807) is 16.8 Å². The van der Waals surface area contributed by atoms with Crippen LogP contribution in [0.5, 0.6) is 0 Å². The number of fused-ring (bicyclic) bond motifs is 1. The van der Waals surface area contributed by atoms with Gasteiger partial charge < -0.3 is 17.3 Å². The number of hydrogen-bond acceptors (Lipinski definition) is 2. The van der Waals surface area contributed by atoms with Crippen molar-refractivity contribution in [1.29, 1.82) is 0 Å². The number of nitrogens with one attached hydrogen (secondary N) is 1. The standard InChI is InChI=1S/C22H24FN3O.ClH/c1-25-13-4-5-18(12-14-25)26-22(27)20-7-3-2-6-19(20)21(24-26)15-16-8-10-17(23)11-9-16;/h2-3,6-11,18H,4-5,12-15H2,1H3;1H. The molecule has 1 saturated heterocycles. The zero-order valence-corrected chi connectivity index (χ0v) is 16.8. The summed E-state index contributed by atoms with van der Waals surface area (Å²) < 4.78 is 15.0. The van der Waals surface area contributed by atoms with E-state index in [9.17, 15) is 9.18 Å². The number of nitrogens with zero attached hydrogens (tertiary/aromatic N) is 2. The van der Waals surface area contributed by atoms with E-state index >= 15 is 0 Å². The molecular formula is C22H25ClFN3O. The minimum absolute atomic E-state index is 0. The highest BCUT2D eigenvalue weighted by Gasteiger charge is 2.22. The molecule has 2 atom stereocenters. The van der Waals surface area contributed by atoms with Crippen LogP contribution in [0.4, 0.5) is 4.39 Å². The van der Waals surface area contributed by atoms with E-state index in [1.807, 2.05) is 24.3 Å². The van der Waals surface area contributed by atoms with Crippen molar-refractivity contribution in [3.63, 3.8) is 0 Å². The van der Waals surface area contributed by atoms with Gasteiger partial charge in [-0.3, -0.25) is 4.79 Å². The lowest BCUT2D eigenvalue weighted by molar-refractivity contribution is -0.878. The molecule has 1 aliphatic heterocycles. The lowest BCUT2D eigenvalue weighted by Crippen LogP contribution is -3.08. The Labute approximate surface area is 170 Å². The summed E-state index contributed by atoms with van der Waals surface area (Å²) in [6, 6.07) is 14.3. The molecule has 0 saturated carbocycles. The lowest BCUT2D eigenvalue weighted by Gasteiger charge is -2.18. The summed E-state index contributed by atoms with van der Waals surface area (Å²) in [5, 5.41) is 6.42. The Morgan fingerprint density at radius 1 is 1.07 bits per heavy atom. The van der Waals surface area contributed by atoms with Crippen LogP contribution in [0.25, 0.3) is 10.8 Å². The summed E-state index contributed by atoms with van der Waals surface area (Å²) in [6.07, 6.45) is 3.63. The average molecular weight is 402 g/mol. The van der Waals surface area contributed by atoms with Gasteiger partial charge >= 0.3 is 0 Å². The van der Waals surface area contributed by atoms with Crippen molar-refractivity contribution in [1.82, 2.24) is 9.78 Å². The molecule has 4 nitrogen and oxygen atoms in total. The summed E-state index contributed by atoms with van der Waals surface area (Å²) in [5.74, 6) is -0.244. The molecule has 0 amide bonds. The van der Waals surface area contributed by atoms with Gasteiger partial charge in [0.15, 0.2) is 0 Å². The van der Waals surface area contributed by atoms with Crippen LogP contribution in [-0.2, 0) is 6.42 Å². The Morgan fingerprint density at radius 3 is 2.54 bits per heavy atom. The van der Waals surface area contributed by atoms with Gasteiger partial charge in [-0.1, -0.05) is 30.3 Å².